The molecule has 0 spiro atoms. The molecule has 0 amide bonds. The molecule has 0 saturated heterocycles. The summed E-state index contributed by atoms with van der Waals surface area (Å²) >= 11 is 0. The number of nitrogens with zero attached hydrogens (tertiary/aromatic N) is 2. The Morgan fingerprint density at radius 3 is 2.65 bits per heavy atom. The van der Waals surface area contributed by atoms with E-state index in [4.69, 9.17) is 4.98 Å². The molecule has 4 heteroatoms. The van der Waals surface area contributed by atoms with E-state index < -0.39 is 0 Å². The topological polar surface area (TPSA) is 40.2 Å². The molecule has 178 valence electrons. The second-order valence-corrected chi connectivity index (χ2v) is 9.87. The number of aromatic nitrogens is 1. The van der Waals surface area contributed by atoms with Crippen LogP contribution in [0, 0.1) is 0 Å². The first-order chi connectivity index (χ1) is 16.9. The van der Waals surface area contributed by atoms with Gasteiger partial charge >= 0.3 is 0 Å². The van der Waals surface area contributed by atoms with E-state index in [-0.39, 0.29) is 0 Å². The average molecular weight is 455 g/mol. The molecule has 2 aliphatic rings. The van der Waals surface area contributed by atoms with Gasteiger partial charge in [0.1, 0.15) is 0 Å². The Balaban J connectivity index is 1.20. The average Bonchev–Trinajstić information content (AvgIpc) is 2.90. The van der Waals surface area contributed by atoms with Crippen LogP contribution in [0.4, 0.5) is 0 Å². The molecule has 2 heterocycles. The van der Waals surface area contributed by atoms with Gasteiger partial charge in [0.05, 0.1) is 11.7 Å². The highest BCUT2D eigenvalue weighted by molar-refractivity contribution is 5.30. The molecule has 0 unspecified atom stereocenters. The molecule has 34 heavy (non-hydrogen) atoms. The lowest BCUT2D eigenvalue weighted by molar-refractivity contribution is 0.150. The first-order valence-electron chi connectivity index (χ1n) is 13.1. The molecule has 1 aliphatic heterocycles. The number of rotatable bonds is 10. The van der Waals surface area contributed by atoms with Crippen molar-refractivity contribution >= 4 is 0 Å². The molecule has 2 atom stereocenters. The van der Waals surface area contributed by atoms with Crippen molar-refractivity contribution < 1.29 is 0 Å². The van der Waals surface area contributed by atoms with Crippen molar-refractivity contribution in [1.82, 2.24) is 20.5 Å². The van der Waals surface area contributed by atoms with Gasteiger partial charge in [-0.1, -0.05) is 60.7 Å². The van der Waals surface area contributed by atoms with Crippen molar-refractivity contribution in [1.29, 1.82) is 0 Å². The molecule has 5 rings (SSSR count). The van der Waals surface area contributed by atoms with E-state index in [0.29, 0.717) is 12.1 Å². The van der Waals surface area contributed by atoms with Gasteiger partial charge in [0, 0.05) is 31.9 Å². The molecule has 1 aliphatic carbocycles. The third-order valence-electron chi connectivity index (χ3n) is 7.45. The highest BCUT2D eigenvalue weighted by Crippen LogP contribution is 2.33. The summed E-state index contributed by atoms with van der Waals surface area (Å²) in [5.41, 5.74) is 7.11. The molecule has 1 aromatic heterocycles. The van der Waals surface area contributed by atoms with E-state index in [9.17, 15) is 0 Å². The number of unbranched alkanes of at least 4 members (excludes halogenated alkanes) is 1. The van der Waals surface area contributed by atoms with Crippen LogP contribution in [0.15, 0.2) is 72.9 Å². The van der Waals surface area contributed by atoms with Crippen LogP contribution in [-0.4, -0.2) is 35.6 Å². The van der Waals surface area contributed by atoms with Crippen LogP contribution in [0.2, 0.25) is 0 Å². The number of aryl methyl sites for hydroxylation is 1. The second kappa shape index (κ2) is 11.7. The van der Waals surface area contributed by atoms with Gasteiger partial charge in [0.2, 0.25) is 0 Å². The van der Waals surface area contributed by atoms with Crippen LogP contribution < -0.4 is 10.6 Å². The Morgan fingerprint density at radius 1 is 0.912 bits per heavy atom. The lowest BCUT2D eigenvalue weighted by atomic mass is 9.89. The Bertz CT molecular complexity index is 1030. The van der Waals surface area contributed by atoms with Crippen molar-refractivity contribution in [2.75, 3.05) is 19.6 Å². The van der Waals surface area contributed by atoms with Crippen LogP contribution >= 0.6 is 0 Å². The maximum Gasteiger partial charge on any atom is 0.0607 e. The SMILES string of the molecule is c1ccc(CNCCCCN(C[C@H]2Cc3ccccc3CN2)[C@H]2CCCc3cccnc32)cc1. The Labute approximate surface area is 204 Å². The smallest absolute Gasteiger partial charge is 0.0607 e. The lowest BCUT2D eigenvalue weighted by Crippen LogP contribution is -2.46. The zero-order valence-electron chi connectivity index (χ0n) is 20.3. The van der Waals surface area contributed by atoms with Gasteiger partial charge in [0.15, 0.2) is 0 Å². The van der Waals surface area contributed by atoms with Gasteiger partial charge < -0.3 is 10.6 Å². The normalized spacial score (nSPS) is 19.6. The van der Waals surface area contributed by atoms with Crippen molar-refractivity contribution in [2.45, 2.75) is 63.7 Å². The fraction of sp³-hybridized carbons (Fsp3) is 0.433. The summed E-state index contributed by atoms with van der Waals surface area (Å²) in [5.74, 6) is 0. The summed E-state index contributed by atoms with van der Waals surface area (Å²) in [6.45, 7) is 5.23. The third kappa shape index (κ3) is 5.93. The lowest BCUT2D eigenvalue weighted by Gasteiger charge is -2.38. The van der Waals surface area contributed by atoms with Crippen LogP contribution in [0.3, 0.4) is 0 Å². The van der Waals surface area contributed by atoms with Crippen molar-refractivity contribution in [3.63, 3.8) is 0 Å². The van der Waals surface area contributed by atoms with Crippen LogP contribution in [0.1, 0.15) is 59.7 Å². The number of hydrogen-bond acceptors (Lipinski definition) is 4. The minimum Gasteiger partial charge on any atom is -0.313 e. The highest BCUT2D eigenvalue weighted by Gasteiger charge is 2.29. The molecule has 0 radical (unpaired) electrons. The summed E-state index contributed by atoms with van der Waals surface area (Å²) in [7, 11) is 0. The summed E-state index contributed by atoms with van der Waals surface area (Å²) in [6.07, 6.45) is 9.17. The first kappa shape index (κ1) is 23.2. The first-order valence-corrected chi connectivity index (χ1v) is 13.1. The number of fused-ring (bicyclic) bond motifs is 2. The van der Waals surface area contributed by atoms with Gasteiger partial charge in [0.25, 0.3) is 0 Å². The minimum absolute atomic E-state index is 0.446. The maximum atomic E-state index is 4.87. The van der Waals surface area contributed by atoms with E-state index in [1.54, 1.807) is 0 Å². The number of benzene rings is 2. The third-order valence-corrected chi connectivity index (χ3v) is 7.45. The molecule has 4 nitrogen and oxygen atoms in total. The fourth-order valence-electron chi connectivity index (χ4n) is 5.64. The molecule has 3 aromatic rings. The summed E-state index contributed by atoms with van der Waals surface area (Å²) in [6, 6.07) is 24.9. The molecule has 0 fully saturated rings. The monoisotopic (exact) mass is 454 g/mol. The largest absolute Gasteiger partial charge is 0.313 e. The van der Waals surface area contributed by atoms with Gasteiger partial charge in [-0.05, 0) is 79.9 Å². The van der Waals surface area contributed by atoms with Crippen molar-refractivity contribution in [3.8, 4) is 0 Å². The van der Waals surface area contributed by atoms with E-state index in [1.807, 2.05) is 6.20 Å². The van der Waals surface area contributed by atoms with Crippen LogP contribution in [0.5, 0.6) is 0 Å². The highest BCUT2D eigenvalue weighted by atomic mass is 15.2. The van der Waals surface area contributed by atoms with E-state index in [0.717, 1.165) is 39.1 Å². The second-order valence-electron chi connectivity index (χ2n) is 9.87. The number of nitrogens with one attached hydrogen (secondary N) is 2. The zero-order chi connectivity index (χ0) is 23.0. The molecule has 0 saturated carbocycles. The van der Waals surface area contributed by atoms with Gasteiger partial charge in [-0.3, -0.25) is 9.88 Å². The maximum absolute atomic E-state index is 4.87. The predicted octanol–water partition coefficient (Wildman–Crippen LogP) is 5.05. The molecular weight excluding hydrogens is 416 g/mol. The summed E-state index contributed by atoms with van der Waals surface area (Å²) in [5, 5.41) is 7.44. The van der Waals surface area contributed by atoms with Gasteiger partial charge in [-0.25, -0.2) is 0 Å². The fourth-order valence-corrected chi connectivity index (χ4v) is 5.64. The molecule has 2 N–H and O–H groups in total. The Hall–Kier alpha value is -2.53. The van der Waals surface area contributed by atoms with Crippen LogP contribution in [-0.2, 0) is 25.9 Å². The molecular formula is C30H38N4. The van der Waals surface area contributed by atoms with Crippen molar-refractivity contribution in [2.24, 2.45) is 0 Å². The summed E-state index contributed by atoms with van der Waals surface area (Å²) in [4.78, 5) is 7.61. The van der Waals surface area contributed by atoms with E-state index in [1.165, 1.54) is 60.1 Å². The molecule has 2 aromatic carbocycles. The van der Waals surface area contributed by atoms with Crippen molar-refractivity contribution in [3.05, 3.63) is 101 Å². The Kier molecular flexibility index (Phi) is 8.02. The quantitative estimate of drug-likeness (QED) is 0.421. The van der Waals surface area contributed by atoms with Gasteiger partial charge in [-0.15, -0.1) is 0 Å². The van der Waals surface area contributed by atoms with E-state index >= 15 is 0 Å². The number of pyridine rings is 1. The van der Waals surface area contributed by atoms with Crippen LogP contribution in [0.25, 0.3) is 0 Å². The van der Waals surface area contributed by atoms with Gasteiger partial charge in [-0.2, -0.15) is 0 Å². The number of hydrogen-bond donors (Lipinski definition) is 2. The standard InChI is InChI=1S/C30H38N4/c1-2-10-24(11-3-1)21-31-17-6-7-19-34(29-16-8-14-25-15-9-18-32-30(25)29)23-28-20-26-12-4-5-13-27(26)22-33-28/h1-5,9-13,15,18,28-29,31,33H,6-8,14,16-17,19-23H2/t28-,29+/m1/s1. The Morgan fingerprint density at radius 2 is 1.74 bits per heavy atom. The minimum atomic E-state index is 0.446. The summed E-state index contributed by atoms with van der Waals surface area (Å²) < 4.78 is 0. The molecule has 0 bridgehead atoms. The van der Waals surface area contributed by atoms with E-state index in [2.05, 4.69) is 82.3 Å². The zero-order valence-corrected chi connectivity index (χ0v) is 20.3. The predicted molar refractivity (Wildman–Crippen MR) is 140 cm³/mol.